The van der Waals surface area contributed by atoms with E-state index in [1.54, 1.807) is 0 Å². The van der Waals surface area contributed by atoms with E-state index in [0.29, 0.717) is 5.41 Å². The minimum absolute atomic E-state index is 0.652. The summed E-state index contributed by atoms with van der Waals surface area (Å²) in [5, 5.41) is 0. The van der Waals surface area contributed by atoms with Gasteiger partial charge in [0.05, 0.1) is 0 Å². The van der Waals surface area contributed by atoms with Gasteiger partial charge < -0.3 is 0 Å². The van der Waals surface area contributed by atoms with E-state index in [1.165, 1.54) is 6.42 Å². The molecule has 0 saturated heterocycles. The Morgan fingerprint density at radius 2 is 1.55 bits per heavy atom. The summed E-state index contributed by atoms with van der Waals surface area (Å²) in [6, 6.07) is 0. The van der Waals surface area contributed by atoms with E-state index in [1.807, 2.05) is 0 Å². The number of hydrogen-bond donors (Lipinski definition) is 0. The van der Waals surface area contributed by atoms with Gasteiger partial charge in [-0.3, -0.25) is 0 Å². The second-order valence-corrected chi connectivity index (χ2v) is 5.45. The van der Waals surface area contributed by atoms with Crippen molar-refractivity contribution in [3.05, 3.63) is 0 Å². The lowest BCUT2D eigenvalue weighted by atomic mass is 9.60. The Labute approximate surface area is 70.4 Å². The van der Waals surface area contributed by atoms with Gasteiger partial charge in [0.1, 0.15) is 0 Å². The Balaban J connectivity index is 2.19. The average Bonchev–Trinajstić information content (AvgIpc) is 2.36. The number of rotatable bonds is 0. The maximum Gasteiger partial charge on any atom is -0.0182 e. The van der Waals surface area contributed by atoms with E-state index in [2.05, 4.69) is 34.6 Å². The van der Waals surface area contributed by atoms with E-state index >= 15 is 0 Å². The Hall–Kier alpha value is 0. The smallest absolute Gasteiger partial charge is 0.0182 e. The molecule has 11 heavy (non-hydrogen) atoms. The molecule has 2 aliphatic rings. The third kappa shape index (κ3) is 0.554. The van der Waals surface area contributed by atoms with Crippen molar-refractivity contribution < 1.29 is 0 Å². The molecule has 2 rings (SSSR count). The van der Waals surface area contributed by atoms with Crippen molar-refractivity contribution in [3.8, 4) is 0 Å². The fourth-order valence-electron chi connectivity index (χ4n) is 3.83. The van der Waals surface area contributed by atoms with Crippen LogP contribution in [0.25, 0.3) is 0 Å². The molecule has 0 N–H and O–H groups in total. The first-order valence-electron chi connectivity index (χ1n) is 4.94. The molecule has 2 fully saturated rings. The molecule has 0 nitrogen and oxygen atoms in total. The summed E-state index contributed by atoms with van der Waals surface area (Å²) in [7, 11) is 0. The molecule has 0 heterocycles. The summed E-state index contributed by atoms with van der Waals surface area (Å²) >= 11 is 0. The molecular weight excluding hydrogens is 132 g/mol. The molecule has 0 aromatic rings. The minimum Gasteiger partial charge on any atom is -0.0622 e. The van der Waals surface area contributed by atoms with Crippen molar-refractivity contribution in [3.63, 3.8) is 0 Å². The van der Waals surface area contributed by atoms with Crippen LogP contribution in [0.4, 0.5) is 0 Å². The first-order chi connectivity index (χ1) is 4.94. The highest BCUT2D eigenvalue weighted by atomic mass is 14.8. The molecular formula is C11H20. The molecule has 0 heteroatoms. The lowest BCUT2D eigenvalue weighted by Crippen LogP contribution is -2.38. The van der Waals surface area contributed by atoms with E-state index in [-0.39, 0.29) is 0 Å². The first kappa shape index (κ1) is 7.64. The predicted octanol–water partition coefficient (Wildman–Crippen LogP) is 3.32. The van der Waals surface area contributed by atoms with Gasteiger partial charge in [0.2, 0.25) is 0 Å². The minimum atomic E-state index is 0.652. The van der Waals surface area contributed by atoms with E-state index in [4.69, 9.17) is 0 Å². The zero-order chi connectivity index (χ0) is 8.44. The van der Waals surface area contributed by atoms with Crippen molar-refractivity contribution in [1.29, 1.82) is 0 Å². The molecule has 2 saturated carbocycles. The van der Waals surface area contributed by atoms with Gasteiger partial charge in [-0.2, -0.15) is 0 Å². The number of hydrogen-bond acceptors (Lipinski definition) is 0. The fraction of sp³-hybridized carbons (Fsp3) is 1.00. The summed E-state index contributed by atoms with van der Waals surface area (Å²) in [6.07, 6.45) is 1.49. The summed E-state index contributed by atoms with van der Waals surface area (Å²) < 4.78 is 0. The summed E-state index contributed by atoms with van der Waals surface area (Å²) in [4.78, 5) is 0. The van der Waals surface area contributed by atoms with Gasteiger partial charge in [0.25, 0.3) is 0 Å². The van der Waals surface area contributed by atoms with Crippen LogP contribution >= 0.6 is 0 Å². The molecule has 0 amide bonds. The van der Waals surface area contributed by atoms with E-state index in [9.17, 15) is 0 Å². The highest BCUT2D eigenvalue weighted by molar-refractivity contribution is 5.23. The van der Waals surface area contributed by atoms with Crippen LogP contribution in [0.1, 0.15) is 41.0 Å². The monoisotopic (exact) mass is 152 g/mol. The van der Waals surface area contributed by atoms with Crippen LogP contribution in [0.3, 0.4) is 0 Å². The summed E-state index contributed by atoms with van der Waals surface area (Å²) in [6.45, 7) is 12.2. The van der Waals surface area contributed by atoms with E-state index < -0.39 is 0 Å². The largest absolute Gasteiger partial charge is 0.0622 e. The predicted molar refractivity (Wildman–Crippen MR) is 48.3 cm³/mol. The van der Waals surface area contributed by atoms with Crippen molar-refractivity contribution in [2.45, 2.75) is 41.0 Å². The van der Waals surface area contributed by atoms with Crippen LogP contribution in [0, 0.1) is 28.6 Å². The average molecular weight is 152 g/mol. The zero-order valence-corrected chi connectivity index (χ0v) is 8.44. The van der Waals surface area contributed by atoms with Gasteiger partial charge in [-0.25, -0.2) is 0 Å². The lowest BCUT2D eigenvalue weighted by Gasteiger charge is -2.45. The summed E-state index contributed by atoms with van der Waals surface area (Å²) in [5.74, 6) is 2.94. The molecule has 0 radical (unpaired) electrons. The molecule has 0 aliphatic heterocycles. The topological polar surface area (TPSA) is 0 Å². The van der Waals surface area contributed by atoms with Crippen molar-refractivity contribution >= 4 is 0 Å². The maximum absolute atomic E-state index is 2.44. The second kappa shape index (κ2) is 1.67. The summed E-state index contributed by atoms with van der Waals surface area (Å²) in [5.41, 5.74) is 1.41. The molecule has 64 valence electrons. The molecule has 2 aliphatic carbocycles. The van der Waals surface area contributed by atoms with Gasteiger partial charge in [0, 0.05) is 0 Å². The van der Waals surface area contributed by atoms with E-state index in [0.717, 1.165) is 23.2 Å². The van der Waals surface area contributed by atoms with Crippen molar-refractivity contribution in [1.82, 2.24) is 0 Å². The standard InChI is InChI=1S/C11H20/c1-7-6-11(8(7)2)9(3)10(11,4)5/h7-9H,6H2,1-5H3. The molecule has 1 spiro atoms. The fourth-order valence-corrected chi connectivity index (χ4v) is 3.83. The van der Waals surface area contributed by atoms with Crippen molar-refractivity contribution in [2.75, 3.05) is 0 Å². The Bertz CT molecular complexity index is 192. The molecule has 4 unspecified atom stereocenters. The molecule has 0 bridgehead atoms. The molecule has 4 atom stereocenters. The van der Waals surface area contributed by atoms with Gasteiger partial charge in [0.15, 0.2) is 0 Å². The van der Waals surface area contributed by atoms with Crippen LogP contribution in [-0.4, -0.2) is 0 Å². The first-order valence-corrected chi connectivity index (χ1v) is 4.94. The zero-order valence-electron chi connectivity index (χ0n) is 8.44. The Morgan fingerprint density at radius 1 is 1.09 bits per heavy atom. The van der Waals surface area contributed by atoms with Crippen LogP contribution in [0.15, 0.2) is 0 Å². The molecule has 0 aromatic heterocycles. The van der Waals surface area contributed by atoms with Crippen LogP contribution < -0.4 is 0 Å². The van der Waals surface area contributed by atoms with Crippen molar-refractivity contribution in [2.24, 2.45) is 28.6 Å². The normalized spacial score (nSPS) is 59.2. The SMILES string of the molecule is CC1CC2(C1C)C(C)C2(C)C. The maximum atomic E-state index is 2.44. The van der Waals surface area contributed by atoms with Crippen LogP contribution in [0.5, 0.6) is 0 Å². The van der Waals surface area contributed by atoms with Crippen LogP contribution in [-0.2, 0) is 0 Å². The third-order valence-electron chi connectivity index (χ3n) is 5.30. The highest BCUT2D eigenvalue weighted by Crippen LogP contribution is 2.81. The Kier molecular flexibility index (Phi) is 1.16. The second-order valence-electron chi connectivity index (χ2n) is 5.45. The molecule has 0 aromatic carbocycles. The van der Waals surface area contributed by atoms with Gasteiger partial charge >= 0.3 is 0 Å². The lowest BCUT2D eigenvalue weighted by molar-refractivity contribution is 0.0372. The van der Waals surface area contributed by atoms with Gasteiger partial charge in [-0.15, -0.1) is 0 Å². The highest BCUT2D eigenvalue weighted by Gasteiger charge is 2.75. The van der Waals surface area contributed by atoms with Gasteiger partial charge in [-0.05, 0) is 35.0 Å². The quantitative estimate of drug-likeness (QED) is 0.499. The van der Waals surface area contributed by atoms with Crippen LogP contribution in [0.2, 0.25) is 0 Å². The van der Waals surface area contributed by atoms with Gasteiger partial charge in [-0.1, -0.05) is 34.6 Å². The Morgan fingerprint density at radius 3 is 1.64 bits per heavy atom. The third-order valence-corrected chi connectivity index (χ3v) is 5.30.